The number of esters is 1. The Morgan fingerprint density at radius 3 is 2.13 bits per heavy atom. The number of hydrogen-bond acceptors (Lipinski definition) is 6. The first-order valence-corrected chi connectivity index (χ1v) is 10.3. The van der Waals surface area contributed by atoms with Gasteiger partial charge in [-0.05, 0) is 56.2 Å². The van der Waals surface area contributed by atoms with Crippen molar-refractivity contribution in [2.24, 2.45) is 0 Å². The molecule has 3 N–H and O–H groups in total. The Morgan fingerprint density at radius 1 is 0.903 bits per heavy atom. The highest BCUT2D eigenvalue weighted by atomic mass is 16.6. The highest BCUT2D eigenvalue weighted by molar-refractivity contribution is 5.92. The number of nitro groups is 1. The number of benzene rings is 2. The lowest BCUT2D eigenvalue weighted by atomic mass is 10.2. The second-order valence-electron chi connectivity index (χ2n) is 6.82. The first-order chi connectivity index (χ1) is 15.0. The minimum Gasteiger partial charge on any atom is -0.462 e. The maximum atomic E-state index is 11.9. The minimum absolute atomic E-state index is 0.0794. The van der Waals surface area contributed by atoms with Gasteiger partial charge in [-0.1, -0.05) is 12.8 Å². The SMILES string of the molecule is CCOC(=O)c1ccc(NC(=O)NCCCCCCNc2ccc([N+](=O)[O-])cc2)cc1. The zero-order chi connectivity index (χ0) is 22.5. The Hall–Kier alpha value is -3.62. The smallest absolute Gasteiger partial charge is 0.338 e. The number of nitro benzene ring substituents is 1. The predicted molar refractivity (Wildman–Crippen MR) is 119 cm³/mol. The van der Waals surface area contributed by atoms with E-state index in [1.54, 1.807) is 43.3 Å². The van der Waals surface area contributed by atoms with Gasteiger partial charge in [0.2, 0.25) is 0 Å². The van der Waals surface area contributed by atoms with E-state index in [0.29, 0.717) is 24.4 Å². The van der Waals surface area contributed by atoms with Crippen LogP contribution in [0, 0.1) is 10.1 Å². The quantitative estimate of drug-likeness (QED) is 0.197. The third kappa shape index (κ3) is 8.73. The Morgan fingerprint density at radius 2 is 1.52 bits per heavy atom. The number of rotatable bonds is 12. The fourth-order valence-corrected chi connectivity index (χ4v) is 2.82. The van der Waals surface area contributed by atoms with Crippen molar-refractivity contribution in [2.45, 2.75) is 32.6 Å². The average Bonchev–Trinajstić information content (AvgIpc) is 2.76. The lowest BCUT2D eigenvalue weighted by Crippen LogP contribution is -2.29. The van der Waals surface area contributed by atoms with Gasteiger partial charge in [-0.3, -0.25) is 10.1 Å². The summed E-state index contributed by atoms with van der Waals surface area (Å²) in [7, 11) is 0. The fourth-order valence-electron chi connectivity index (χ4n) is 2.82. The van der Waals surface area contributed by atoms with Crippen LogP contribution in [0.2, 0.25) is 0 Å². The number of nitrogens with one attached hydrogen (secondary N) is 3. The zero-order valence-electron chi connectivity index (χ0n) is 17.6. The van der Waals surface area contributed by atoms with Gasteiger partial charge < -0.3 is 20.7 Å². The number of unbranched alkanes of at least 4 members (excludes halogenated alkanes) is 3. The minimum atomic E-state index is -0.417. The monoisotopic (exact) mass is 428 g/mol. The molecular weight excluding hydrogens is 400 g/mol. The summed E-state index contributed by atoms with van der Waals surface area (Å²) < 4.78 is 4.92. The molecule has 0 radical (unpaired) electrons. The highest BCUT2D eigenvalue weighted by Crippen LogP contribution is 2.15. The molecule has 0 heterocycles. The molecule has 0 bridgehead atoms. The molecule has 0 atom stereocenters. The number of urea groups is 1. The highest BCUT2D eigenvalue weighted by Gasteiger charge is 2.07. The van der Waals surface area contributed by atoms with Crippen LogP contribution in [0.25, 0.3) is 0 Å². The van der Waals surface area contributed by atoms with Crippen molar-refractivity contribution < 1.29 is 19.2 Å². The van der Waals surface area contributed by atoms with Crippen molar-refractivity contribution in [1.29, 1.82) is 0 Å². The fraction of sp³-hybridized carbons (Fsp3) is 0.364. The van der Waals surface area contributed by atoms with Crippen LogP contribution in [0.5, 0.6) is 0 Å². The van der Waals surface area contributed by atoms with E-state index in [9.17, 15) is 19.7 Å². The Balaban J connectivity index is 1.53. The molecule has 2 amide bonds. The molecule has 0 aliphatic carbocycles. The van der Waals surface area contributed by atoms with Gasteiger partial charge in [0.1, 0.15) is 0 Å². The van der Waals surface area contributed by atoms with E-state index in [-0.39, 0.29) is 17.7 Å². The molecule has 0 spiro atoms. The topological polar surface area (TPSA) is 123 Å². The number of carbonyl (C=O) groups excluding carboxylic acids is 2. The first-order valence-electron chi connectivity index (χ1n) is 10.3. The molecule has 31 heavy (non-hydrogen) atoms. The molecule has 0 aliphatic heterocycles. The van der Waals surface area contributed by atoms with Crippen molar-refractivity contribution in [2.75, 3.05) is 30.3 Å². The van der Waals surface area contributed by atoms with Crippen LogP contribution in [0.3, 0.4) is 0 Å². The molecule has 0 saturated carbocycles. The van der Waals surface area contributed by atoms with E-state index in [0.717, 1.165) is 37.9 Å². The number of amides is 2. The summed E-state index contributed by atoms with van der Waals surface area (Å²) >= 11 is 0. The van der Waals surface area contributed by atoms with E-state index in [1.807, 2.05) is 0 Å². The zero-order valence-corrected chi connectivity index (χ0v) is 17.6. The average molecular weight is 428 g/mol. The molecule has 0 aromatic heterocycles. The maximum Gasteiger partial charge on any atom is 0.338 e. The maximum absolute atomic E-state index is 11.9. The molecule has 0 aliphatic rings. The summed E-state index contributed by atoms with van der Waals surface area (Å²) in [6, 6.07) is 12.6. The van der Waals surface area contributed by atoms with E-state index in [4.69, 9.17) is 4.74 Å². The Labute approximate surface area is 181 Å². The normalized spacial score (nSPS) is 10.2. The van der Waals surface area contributed by atoms with Crippen LogP contribution in [0.15, 0.2) is 48.5 Å². The second kappa shape index (κ2) is 12.8. The summed E-state index contributed by atoms with van der Waals surface area (Å²) in [5.41, 5.74) is 1.98. The molecule has 2 aromatic rings. The first kappa shape index (κ1) is 23.7. The number of hydrogen-bond donors (Lipinski definition) is 3. The van der Waals surface area contributed by atoms with Crippen molar-refractivity contribution >= 4 is 29.1 Å². The van der Waals surface area contributed by atoms with Crippen molar-refractivity contribution in [1.82, 2.24) is 5.32 Å². The molecule has 0 fully saturated rings. The largest absolute Gasteiger partial charge is 0.462 e. The number of non-ortho nitro benzene ring substituents is 1. The van der Waals surface area contributed by atoms with Gasteiger partial charge >= 0.3 is 12.0 Å². The molecule has 166 valence electrons. The molecular formula is C22H28N4O5. The molecule has 9 heteroatoms. The molecule has 2 aromatic carbocycles. The standard InChI is InChI=1S/C22H28N4O5/c1-2-31-21(27)17-7-9-19(10-8-17)25-22(28)24-16-6-4-3-5-15-23-18-11-13-20(14-12-18)26(29)30/h7-14,23H,2-6,15-16H2,1H3,(H2,24,25,28). The van der Waals surface area contributed by atoms with Gasteiger partial charge in [0.05, 0.1) is 17.1 Å². The van der Waals surface area contributed by atoms with E-state index < -0.39 is 4.92 Å². The number of carbonyl (C=O) groups is 2. The molecule has 2 rings (SSSR count). The van der Waals surface area contributed by atoms with Crippen molar-refractivity contribution in [3.05, 3.63) is 64.2 Å². The summed E-state index contributed by atoms with van der Waals surface area (Å²) in [5.74, 6) is -0.388. The van der Waals surface area contributed by atoms with Gasteiger partial charge in [-0.25, -0.2) is 9.59 Å². The Bertz CT molecular complexity index is 853. The summed E-state index contributed by atoms with van der Waals surface area (Å²) in [5, 5.41) is 19.4. The van der Waals surface area contributed by atoms with E-state index >= 15 is 0 Å². The second-order valence-corrected chi connectivity index (χ2v) is 6.82. The van der Waals surface area contributed by atoms with E-state index in [2.05, 4.69) is 16.0 Å². The van der Waals surface area contributed by atoms with Gasteiger partial charge in [-0.15, -0.1) is 0 Å². The number of nitrogens with zero attached hydrogens (tertiary/aromatic N) is 1. The third-order valence-electron chi connectivity index (χ3n) is 4.45. The van der Waals surface area contributed by atoms with Gasteiger partial charge in [-0.2, -0.15) is 0 Å². The van der Waals surface area contributed by atoms with Crippen LogP contribution in [0.4, 0.5) is 21.9 Å². The van der Waals surface area contributed by atoms with Gasteiger partial charge in [0.25, 0.3) is 5.69 Å². The van der Waals surface area contributed by atoms with Crippen LogP contribution in [-0.4, -0.2) is 36.6 Å². The number of anilines is 2. The Kier molecular flexibility index (Phi) is 9.80. The summed E-state index contributed by atoms with van der Waals surface area (Å²) in [4.78, 5) is 33.7. The van der Waals surface area contributed by atoms with Crippen LogP contribution in [0.1, 0.15) is 43.0 Å². The van der Waals surface area contributed by atoms with Crippen LogP contribution >= 0.6 is 0 Å². The third-order valence-corrected chi connectivity index (χ3v) is 4.45. The molecule has 9 nitrogen and oxygen atoms in total. The lowest BCUT2D eigenvalue weighted by molar-refractivity contribution is -0.384. The van der Waals surface area contributed by atoms with Gasteiger partial charge in [0.15, 0.2) is 0 Å². The summed E-state index contributed by atoms with van der Waals surface area (Å²) in [6.07, 6.45) is 3.83. The number of ether oxygens (including phenoxy) is 1. The van der Waals surface area contributed by atoms with Crippen molar-refractivity contribution in [3.63, 3.8) is 0 Å². The van der Waals surface area contributed by atoms with Gasteiger partial charge in [0, 0.05) is 36.6 Å². The summed E-state index contributed by atoms with van der Waals surface area (Å²) in [6.45, 7) is 3.42. The van der Waals surface area contributed by atoms with E-state index in [1.165, 1.54) is 12.1 Å². The van der Waals surface area contributed by atoms with Crippen molar-refractivity contribution in [3.8, 4) is 0 Å². The van der Waals surface area contributed by atoms with Crippen LogP contribution < -0.4 is 16.0 Å². The lowest BCUT2D eigenvalue weighted by Gasteiger charge is -2.09. The predicted octanol–water partition coefficient (Wildman–Crippen LogP) is 4.57. The van der Waals surface area contributed by atoms with Crippen LogP contribution in [-0.2, 0) is 4.74 Å². The molecule has 0 unspecified atom stereocenters. The molecule has 0 saturated heterocycles.